The van der Waals surface area contributed by atoms with Crippen molar-refractivity contribution in [2.75, 3.05) is 20.6 Å². The number of phenols is 1. The first-order valence-electron chi connectivity index (χ1n) is 5.47. The van der Waals surface area contributed by atoms with Crippen LogP contribution in [0.15, 0.2) is 33.5 Å². The fourth-order valence-corrected chi connectivity index (χ4v) is 1.77. The van der Waals surface area contributed by atoms with E-state index in [0.29, 0.717) is 5.58 Å². The Morgan fingerprint density at radius 1 is 1.29 bits per heavy atom. The second kappa shape index (κ2) is 4.59. The molecule has 0 bridgehead atoms. The molecule has 0 amide bonds. The number of aromatic hydroxyl groups is 1. The highest BCUT2D eigenvalue weighted by molar-refractivity contribution is 5.81. The SMILES string of the molecule is CN(C)CCc1cc(=O)oc2cc(O)ccc12. The summed E-state index contributed by atoms with van der Waals surface area (Å²) in [5, 5.41) is 10.2. The van der Waals surface area contributed by atoms with Crippen molar-refractivity contribution in [2.24, 2.45) is 0 Å². The summed E-state index contributed by atoms with van der Waals surface area (Å²) >= 11 is 0. The predicted molar refractivity (Wildman–Crippen MR) is 66.4 cm³/mol. The molecule has 0 aliphatic rings. The standard InChI is InChI=1S/C13H15NO3/c1-14(2)6-5-9-7-13(16)17-12-8-10(15)3-4-11(9)12/h3-4,7-8,15H,5-6H2,1-2H3. The van der Waals surface area contributed by atoms with Crippen LogP contribution in [0.3, 0.4) is 0 Å². The van der Waals surface area contributed by atoms with Crippen LogP contribution in [0, 0.1) is 0 Å². The average Bonchev–Trinajstić information content (AvgIpc) is 2.24. The normalized spacial score (nSPS) is 11.2. The fourth-order valence-electron chi connectivity index (χ4n) is 1.77. The lowest BCUT2D eigenvalue weighted by Gasteiger charge is -2.10. The number of hydrogen-bond donors (Lipinski definition) is 1. The van der Waals surface area contributed by atoms with Crippen LogP contribution in [0.4, 0.5) is 0 Å². The lowest BCUT2D eigenvalue weighted by molar-refractivity contribution is 0.413. The summed E-state index contributed by atoms with van der Waals surface area (Å²) in [6.45, 7) is 0.861. The molecule has 0 spiro atoms. The lowest BCUT2D eigenvalue weighted by atomic mass is 10.1. The largest absolute Gasteiger partial charge is 0.508 e. The van der Waals surface area contributed by atoms with Crippen molar-refractivity contribution < 1.29 is 9.52 Å². The highest BCUT2D eigenvalue weighted by Crippen LogP contribution is 2.21. The van der Waals surface area contributed by atoms with Crippen molar-refractivity contribution >= 4 is 11.0 Å². The minimum Gasteiger partial charge on any atom is -0.508 e. The molecular weight excluding hydrogens is 218 g/mol. The topological polar surface area (TPSA) is 53.7 Å². The third-order valence-corrected chi connectivity index (χ3v) is 2.64. The first-order chi connectivity index (χ1) is 8.06. The molecule has 17 heavy (non-hydrogen) atoms. The molecule has 1 aromatic heterocycles. The summed E-state index contributed by atoms with van der Waals surface area (Å²) in [6.07, 6.45) is 0.778. The smallest absolute Gasteiger partial charge is 0.336 e. The molecule has 2 rings (SSSR count). The van der Waals surface area contributed by atoms with Gasteiger partial charge in [-0.3, -0.25) is 0 Å². The van der Waals surface area contributed by atoms with Crippen molar-refractivity contribution in [2.45, 2.75) is 6.42 Å². The molecule has 0 aliphatic carbocycles. The maximum atomic E-state index is 11.4. The van der Waals surface area contributed by atoms with Crippen molar-refractivity contribution in [3.05, 3.63) is 40.2 Å². The van der Waals surface area contributed by atoms with Crippen LogP contribution in [-0.2, 0) is 6.42 Å². The summed E-state index contributed by atoms with van der Waals surface area (Å²) in [6, 6.07) is 6.36. The number of benzene rings is 1. The molecular formula is C13H15NO3. The van der Waals surface area contributed by atoms with E-state index in [2.05, 4.69) is 4.90 Å². The molecule has 0 aliphatic heterocycles. The van der Waals surface area contributed by atoms with Gasteiger partial charge in [0.1, 0.15) is 11.3 Å². The second-order valence-corrected chi connectivity index (χ2v) is 4.32. The Hall–Kier alpha value is -1.81. The van der Waals surface area contributed by atoms with Crippen LogP contribution in [-0.4, -0.2) is 30.6 Å². The maximum absolute atomic E-state index is 11.4. The van der Waals surface area contributed by atoms with Gasteiger partial charge in [0.05, 0.1) is 0 Å². The minimum absolute atomic E-state index is 0.102. The fraction of sp³-hybridized carbons (Fsp3) is 0.308. The molecule has 1 heterocycles. The number of rotatable bonds is 3. The van der Waals surface area contributed by atoms with Crippen molar-refractivity contribution in [3.63, 3.8) is 0 Å². The van der Waals surface area contributed by atoms with Crippen LogP contribution >= 0.6 is 0 Å². The van der Waals surface area contributed by atoms with E-state index in [-0.39, 0.29) is 11.4 Å². The van der Waals surface area contributed by atoms with Gasteiger partial charge in [-0.05, 0) is 38.2 Å². The molecule has 0 fully saturated rings. The second-order valence-electron chi connectivity index (χ2n) is 4.32. The van der Waals surface area contributed by atoms with Crippen molar-refractivity contribution in [1.82, 2.24) is 4.90 Å². The summed E-state index contributed by atoms with van der Waals surface area (Å²) in [4.78, 5) is 13.5. The third kappa shape index (κ3) is 2.65. The van der Waals surface area contributed by atoms with Crippen LogP contribution in [0.25, 0.3) is 11.0 Å². The van der Waals surface area contributed by atoms with Gasteiger partial charge in [-0.1, -0.05) is 0 Å². The zero-order valence-electron chi connectivity index (χ0n) is 9.93. The lowest BCUT2D eigenvalue weighted by Crippen LogP contribution is -2.16. The Morgan fingerprint density at radius 2 is 2.06 bits per heavy atom. The number of phenolic OH excluding ortho intramolecular Hbond substituents is 1. The molecule has 1 aromatic carbocycles. The minimum atomic E-state index is -0.378. The molecule has 0 unspecified atom stereocenters. The van der Waals surface area contributed by atoms with Crippen molar-refractivity contribution in [1.29, 1.82) is 0 Å². The summed E-state index contributed by atoms with van der Waals surface area (Å²) in [5.41, 5.74) is 1.01. The van der Waals surface area contributed by atoms with E-state index < -0.39 is 0 Å². The van der Waals surface area contributed by atoms with Gasteiger partial charge < -0.3 is 14.4 Å². The van der Waals surface area contributed by atoms with Crippen LogP contribution in [0.1, 0.15) is 5.56 Å². The van der Waals surface area contributed by atoms with E-state index in [1.54, 1.807) is 12.1 Å². The van der Waals surface area contributed by atoms with E-state index in [4.69, 9.17) is 4.42 Å². The molecule has 4 heteroatoms. The molecule has 4 nitrogen and oxygen atoms in total. The molecule has 0 saturated carbocycles. The van der Waals surface area contributed by atoms with Gasteiger partial charge >= 0.3 is 5.63 Å². The van der Waals surface area contributed by atoms with Crippen molar-refractivity contribution in [3.8, 4) is 5.75 Å². The molecule has 0 radical (unpaired) electrons. The number of hydrogen-bond acceptors (Lipinski definition) is 4. The molecule has 2 aromatic rings. The van der Waals surface area contributed by atoms with Gasteiger partial charge in [0.2, 0.25) is 0 Å². The van der Waals surface area contributed by atoms with E-state index in [1.165, 1.54) is 12.1 Å². The zero-order valence-corrected chi connectivity index (χ0v) is 9.93. The van der Waals surface area contributed by atoms with E-state index in [9.17, 15) is 9.90 Å². The highest BCUT2D eigenvalue weighted by Gasteiger charge is 2.06. The predicted octanol–water partition coefficient (Wildman–Crippen LogP) is 1.60. The number of nitrogens with zero attached hydrogens (tertiary/aromatic N) is 1. The van der Waals surface area contributed by atoms with E-state index in [0.717, 1.165) is 23.9 Å². The first kappa shape index (κ1) is 11.7. The van der Waals surface area contributed by atoms with Crippen LogP contribution < -0.4 is 5.63 Å². The summed E-state index contributed by atoms with van der Waals surface area (Å²) in [5.74, 6) is 0.102. The van der Waals surface area contributed by atoms with Crippen LogP contribution in [0.5, 0.6) is 5.75 Å². The Bertz CT molecular complexity index is 587. The number of fused-ring (bicyclic) bond motifs is 1. The molecule has 0 saturated heterocycles. The Balaban J connectivity index is 2.50. The van der Waals surface area contributed by atoms with Gasteiger partial charge in [-0.25, -0.2) is 4.79 Å². The maximum Gasteiger partial charge on any atom is 0.336 e. The average molecular weight is 233 g/mol. The van der Waals surface area contributed by atoms with Gasteiger partial charge in [-0.2, -0.15) is 0 Å². The van der Waals surface area contributed by atoms with E-state index in [1.807, 2.05) is 14.1 Å². The molecule has 90 valence electrons. The summed E-state index contributed by atoms with van der Waals surface area (Å²) in [7, 11) is 3.97. The monoisotopic (exact) mass is 233 g/mol. The third-order valence-electron chi connectivity index (χ3n) is 2.64. The van der Waals surface area contributed by atoms with E-state index >= 15 is 0 Å². The number of likely N-dealkylation sites (N-methyl/N-ethyl adjacent to an activating group) is 1. The van der Waals surface area contributed by atoms with Gasteiger partial charge in [0.15, 0.2) is 0 Å². The Labute approximate surface area is 99.1 Å². The van der Waals surface area contributed by atoms with Gasteiger partial charge in [0.25, 0.3) is 0 Å². The molecule has 1 N–H and O–H groups in total. The highest BCUT2D eigenvalue weighted by atomic mass is 16.4. The zero-order chi connectivity index (χ0) is 12.4. The Morgan fingerprint density at radius 3 is 2.76 bits per heavy atom. The van der Waals surface area contributed by atoms with Gasteiger partial charge in [-0.15, -0.1) is 0 Å². The molecule has 0 atom stereocenters. The van der Waals surface area contributed by atoms with Gasteiger partial charge in [0, 0.05) is 24.1 Å². The first-order valence-corrected chi connectivity index (χ1v) is 5.47. The quantitative estimate of drug-likeness (QED) is 0.818. The van der Waals surface area contributed by atoms with Crippen LogP contribution in [0.2, 0.25) is 0 Å². The summed E-state index contributed by atoms with van der Waals surface area (Å²) < 4.78 is 5.06. The Kier molecular flexibility index (Phi) is 3.15.